The Kier molecular flexibility index (Phi) is 7.75. The molecule has 0 aliphatic heterocycles. The van der Waals surface area contributed by atoms with Crippen molar-refractivity contribution in [2.75, 3.05) is 18.5 Å². The third-order valence-electron chi connectivity index (χ3n) is 3.82. The first kappa shape index (κ1) is 21.2. The van der Waals surface area contributed by atoms with Gasteiger partial charge in [-0.25, -0.2) is 4.79 Å². The number of hydrogen-bond donors (Lipinski definition) is 1. The van der Waals surface area contributed by atoms with Crippen LogP contribution in [0.1, 0.15) is 47.9 Å². The van der Waals surface area contributed by atoms with E-state index in [1.807, 2.05) is 20.8 Å². The molecule has 1 N–H and O–H groups in total. The molecule has 0 spiro atoms. The smallest absolute Gasteiger partial charge is 0.338 e. The lowest BCUT2D eigenvalue weighted by Crippen LogP contribution is -2.15. The summed E-state index contributed by atoms with van der Waals surface area (Å²) < 4.78 is 10.4. The van der Waals surface area contributed by atoms with Crippen LogP contribution in [0.5, 0.6) is 5.75 Å². The van der Waals surface area contributed by atoms with Gasteiger partial charge in [0, 0.05) is 17.7 Å². The Hall–Kier alpha value is -3.15. The topological polar surface area (TPSA) is 81.7 Å². The Morgan fingerprint density at radius 2 is 1.54 bits per heavy atom. The van der Waals surface area contributed by atoms with Crippen molar-refractivity contribution in [3.05, 3.63) is 59.7 Å². The van der Waals surface area contributed by atoms with E-state index >= 15 is 0 Å². The van der Waals surface area contributed by atoms with Crippen molar-refractivity contribution in [3.8, 4) is 5.75 Å². The van der Waals surface area contributed by atoms with Gasteiger partial charge in [-0.2, -0.15) is 0 Å². The van der Waals surface area contributed by atoms with Crippen LogP contribution < -0.4 is 10.1 Å². The number of anilines is 1. The first-order valence-electron chi connectivity index (χ1n) is 9.22. The van der Waals surface area contributed by atoms with Gasteiger partial charge in [-0.15, -0.1) is 0 Å². The maximum Gasteiger partial charge on any atom is 0.338 e. The highest BCUT2D eigenvalue weighted by Gasteiger charge is 2.12. The monoisotopic (exact) mass is 383 g/mol. The largest absolute Gasteiger partial charge is 0.494 e. The van der Waals surface area contributed by atoms with Crippen LogP contribution in [0.2, 0.25) is 0 Å². The van der Waals surface area contributed by atoms with Crippen LogP contribution in [0.3, 0.4) is 0 Å². The minimum atomic E-state index is -0.575. The fourth-order valence-corrected chi connectivity index (χ4v) is 2.47. The van der Waals surface area contributed by atoms with Crippen LogP contribution in [0.15, 0.2) is 48.5 Å². The summed E-state index contributed by atoms with van der Waals surface area (Å²) in [6, 6.07) is 13.0. The fraction of sp³-hybridized carbons (Fsp3) is 0.318. The Labute approximate surface area is 164 Å². The molecule has 6 heteroatoms. The van der Waals surface area contributed by atoms with Crippen LogP contribution in [0.4, 0.5) is 5.69 Å². The summed E-state index contributed by atoms with van der Waals surface area (Å²) in [4.78, 5) is 36.0. The van der Waals surface area contributed by atoms with E-state index in [2.05, 4.69) is 5.32 Å². The summed E-state index contributed by atoms with van der Waals surface area (Å²) in [6.07, 6.45) is 0.433. The molecule has 0 aromatic heterocycles. The molecule has 0 saturated carbocycles. The molecule has 0 unspecified atom stereocenters. The number of ether oxygens (including phenoxy) is 2. The zero-order chi connectivity index (χ0) is 20.5. The zero-order valence-corrected chi connectivity index (χ0v) is 16.4. The summed E-state index contributed by atoms with van der Waals surface area (Å²) >= 11 is 0. The van der Waals surface area contributed by atoms with Crippen LogP contribution >= 0.6 is 0 Å². The van der Waals surface area contributed by atoms with Crippen LogP contribution in [0, 0.1) is 5.92 Å². The molecular formula is C22H25NO5. The predicted molar refractivity (Wildman–Crippen MR) is 107 cm³/mol. The van der Waals surface area contributed by atoms with Crippen LogP contribution in [-0.4, -0.2) is 30.9 Å². The number of Topliss-reactive ketones (excluding diaryl/α,β-unsaturated/α-hetero) is 1. The van der Waals surface area contributed by atoms with Gasteiger partial charge in [-0.1, -0.05) is 13.8 Å². The molecule has 28 heavy (non-hydrogen) atoms. The molecule has 0 fully saturated rings. The van der Waals surface area contributed by atoms with Crippen molar-refractivity contribution in [2.24, 2.45) is 5.92 Å². The third-order valence-corrected chi connectivity index (χ3v) is 3.82. The molecule has 0 radical (unpaired) electrons. The Morgan fingerprint density at radius 3 is 2.11 bits per heavy atom. The Balaban J connectivity index is 1.86. The maximum atomic E-state index is 12.2. The molecule has 0 atom stereocenters. The summed E-state index contributed by atoms with van der Waals surface area (Å²) in [6.45, 7) is 6.00. The van der Waals surface area contributed by atoms with E-state index in [4.69, 9.17) is 9.47 Å². The average molecular weight is 383 g/mol. The lowest BCUT2D eigenvalue weighted by Gasteiger charge is -2.08. The molecule has 0 saturated heterocycles. The number of nitrogens with one attached hydrogen (secondary N) is 1. The summed E-state index contributed by atoms with van der Waals surface area (Å²) in [5.41, 5.74) is 1.37. The molecule has 2 aromatic carbocycles. The highest BCUT2D eigenvalue weighted by Crippen LogP contribution is 2.14. The quantitative estimate of drug-likeness (QED) is 0.520. The van der Waals surface area contributed by atoms with Gasteiger partial charge in [0.05, 0.1) is 12.2 Å². The number of benzene rings is 2. The highest BCUT2D eigenvalue weighted by atomic mass is 16.5. The molecular weight excluding hydrogens is 358 g/mol. The van der Waals surface area contributed by atoms with E-state index in [0.29, 0.717) is 35.6 Å². The van der Waals surface area contributed by atoms with Crippen molar-refractivity contribution in [3.63, 3.8) is 0 Å². The molecule has 0 aliphatic rings. The minimum Gasteiger partial charge on any atom is -0.494 e. The van der Waals surface area contributed by atoms with Gasteiger partial charge in [0.1, 0.15) is 5.75 Å². The van der Waals surface area contributed by atoms with E-state index in [0.717, 1.165) is 0 Å². The van der Waals surface area contributed by atoms with Crippen LogP contribution in [0.25, 0.3) is 0 Å². The molecule has 6 nitrogen and oxygen atoms in total. The lowest BCUT2D eigenvalue weighted by molar-refractivity contribution is -0.116. The maximum absolute atomic E-state index is 12.2. The van der Waals surface area contributed by atoms with E-state index in [1.54, 1.807) is 48.5 Å². The predicted octanol–water partition coefficient (Wildman–Crippen LogP) is 4.11. The standard InChI is InChI=1S/C22H25NO5/c1-4-27-19-11-7-17(8-12-19)22(26)28-14-20(24)16-5-9-18(10-6-16)23-21(25)13-15(2)3/h5-12,15H,4,13-14H2,1-3H3,(H,23,25). The van der Waals surface area contributed by atoms with Gasteiger partial charge in [0.2, 0.25) is 5.91 Å². The van der Waals surface area contributed by atoms with Crippen LogP contribution in [-0.2, 0) is 9.53 Å². The normalized spacial score (nSPS) is 10.4. The second-order valence-corrected chi connectivity index (χ2v) is 6.68. The van der Waals surface area contributed by atoms with Crippen molar-refractivity contribution in [1.82, 2.24) is 0 Å². The van der Waals surface area contributed by atoms with Crippen molar-refractivity contribution in [1.29, 1.82) is 0 Å². The molecule has 0 heterocycles. The zero-order valence-electron chi connectivity index (χ0n) is 16.4. The van der Waals surface area contributed by atoms with Gasteiger partial charge in [0.15, 0.2) is 12.4 Å². The summed E-state index contributed by atoms with van der Waals surface area (Å²) in [5.74, 6) is -0.0340. The van der Waals surface area contributed by atoms with E-state index in [-0.39, 0.29) is 24.2 Å². The molecule has 148 valence electrons. The van der Waals surface area contributed by atoms with Gasteiger partial charge in [-0.05, 0) is 61.4 Å². The SMILES string of the molecule is CCOc1ccc(C(=O)OCC(=O)c2ccc(NC(=O)CC(C)C)cc2)cc1. The van der Waals surface area contributed by atoms with Crippen molar-refractivity contribution < 1.29 is 23.9 Å². The second kappa shape index (κ2) is 10.3. The fourth-order valence-electron chi connectivity index (χ4n) is 2.47. The summed E-state index contributed by atoms with van der Waals surface area (Å²) in [5, 5.41) is 2.78. The molecule has 0 aliphatic carbocycles. The Morgan fingerprint density at radius 1 is 0.929 bits per heavy atom. The molecule has 0 bridgehead atoms. The van der Waals surface area contributed by atoms with E-state index in [9.17, 15) is 14.4 Å². The molecule has 2 aromatic rings. The van der Waals surface area contributed by atoms with Crippen molar-refractivity contribution in [2.45, 2.75) is 27.2 Å². The second-order valence-electron chi connectivity index (χ2n) is 6.68. The summed E-state index contributed by atoms with van der Waals surface area (Å²) in [7, 11) is 0. The molecule has 2 rings (SSSR count). The first-order chi connectivity index (χ1) is 13.4. The van der Waals surface area contributed by atoms with E-state index < -0.39 is 5.97 Å². The highest BCUT2D eigenvalue weighted by molar-refractivity contribution is 6.00. The van der Waals surface area contributed by atoms with Gasteiger partial charge >= 0.3 is 5.97 Å². The number of amides is 1. The van der Waals surface area contributed by atoms with E-state index in [1.165, 1.54) is 0 Å². The lowest BCUT2D eigenvalue weighted by atomic mass is 10.1. The third kappa shape index (κ3) is 6.54. The number of carbonyl (C=O) groups is 3. The number of carbonyl (C=O) groups excluding carboxylic acids is 3. The minimum absolute atomic E-state index is 0.0710. The van der Waals surface area contributed by atoms with Crippen molar-refractivity contribution >= 4 is 23.3 Å². The average Bonchev–Trinajstić information content (AvgIpc) is 2.66. The van der Waals surface area contributed by atoms with Gasteiger partial charge < -0.3 is 14.8 Å². The number of hydrogen-bond acceptors (Lipinski definition) is 5. The number of rotatable bonds is 9. The number of esters is 1. The van der Waals surface area contributed by atoms with Gasteiger partial charge in [0.25, 0.3) is 0 Å². The Bertz CT molecular complexity index is 810. The number of ketones is 1. The van der Waals surface area contributed by atoms with Gasteiger partial charge in [-0.3, -0.25) is 9.59 Å². The first-order valence-corrected chi connectivity index (χ1v) is 9.22. The molecule has 1 amide bonds.